The molecule has 0 radical (unpaired) electrons. The van der Waals surface area contributed by atoms with Gasteiger partial charge in [0.15, 0.2) is 0 Å². The van der Waals surface area contributed by atoms with Crippen molar-refractivity contribution < 1.29 is 18.0 Å². The molecular formula is C29H35Cl2F3N2O. The Kier molecular flexibility index (Phi) is 8.28. The molecule has 1 unspecified atom stereocenters. The molecule has 0 bridgehead atoms. The van der Waals surface area contributed by atoms with Crippen molar-refractivity contribution in [3.05, 3.63) is 57.3 Å². The van der Waals surface area contributed by atoms with E-state index in [-0.39, 0.29) is 23.1 Å². The van der Waals surface area contributed by atoms with Crippen LogP contribution in [-0.2, 0) is 11.0 Å². The van der Waals surface area contributed by atoms with E-state index in [0.717, 1.165) is 112 Å². The van der Waals surface area contributed by atoms with Crippen LogP contribution in [0, 0.1) is 5.92 Å². The SMILES string of the molecule is O=C(C1CCCC1)N1CCC2=C(Cl)C(Cl)CCC2=C1CCN1CCC(c2cccc(C(F)(F)F)c2)CC1. The summed E-state index contributed by atoms with van der Waals surface area (Å²) in [6.07, 6.45) is 4.76. The van der Waals surface area contributed by atoms with Crippen molar-refractivity contribution in [2.24, 2.45) is 5.92 Å². The fourth-order valence-corrected chi connectivity index (χ4v) is 7.20. The van der Waals surface area contributed by atoms with Crippen molar-refractivity contribution in [1.82, 2.24) is 9.80 Å². The van der Waals surface area contributed by atoms with Crippen LogP contribution < -0.4 is 0 Å². The Bertz CT molecular complexity index is 1070. The van der Waals surface area contributed by atoms with Gasteiger partial charge in [0.25, 0.3) is 0 Å². The van der Waals surface area contributed by atoms with Crippen LogP contribution in [0.3, 0.4) is 0 Å². The van der Waals surface area contributed by atoms with Crippen LogP contribution in [0.5, 0.6) is 0 Å². The zero-order valence-corrected chi connectivity index (χ0v) is 22.6. The molecule has 1 amide bonds. The molecule has 5 rings (SSSR count). The van der Waals surface area contributed by atoms with Gasteiger partial charge in [-0.25, -0.2) is 0 Å². The lowest BCUT2D eigenvalue weighted by atomic mass is 9.84. The number of nitrogens with zero attached hydrogens (tertiary/aromatic N) is 2. The number of hydrogen-bond acceptors (Lipinski definition) is 2. The van der Waals surface area contributed by atoms with Crippen LogP contribution in [0.1, 0.15) is 81.3 Å². The van der Waals surface area contributed by atoms with Gasteiger partial charge in [-0.05, 0) is 86.7 Å². The van der Waals surface area contributed by atoms with Gasteiger partial charge in [-0.3, -0.25) is 4.79 Å². The number of fused-ring (bicyclic) bond motifs is 1. The number of halogens is 5. The zero-order valence-electron chi connectivity index (χ0n) is 21.1. The molecular weight excluding hydrogens is 520 g/mol. The largest absolute Gasteiger partial charge is 0.416 e. The highest BCUT2D eigenvalue weighted by molar-refractivity contribution is 6.38. The zero-order chi connectivity index (χ0) is 26.2. The van der Waals surface area contributed by atoms with Crippen molar-refractivity contribution in [2.75, 3.05) is 26.2 Å². The molecule has 0 spiro atoms. The fraction of sp³-hybridized carbons (Fsp3) is 0.621. The average Bonchev–Trinajstić information content (AvgIpc) is 3.44. The van der Waals surface area contributed by atoms with Crippen LogP contribution >= 0.6 is 23.2 Å². The average molecular weight is 556 g/mol. The number of carbonyl (C=O) groups is 1. The highest BCUT2D eigenvalue weighted by Gasteiger charge is 2.36. The van der Waals surface area contributed by atoms with Crippen molar-refractivity contribution in [2.45, 2.75) is 81.7 Å². The number of likely N-dealkylation sites (tertiary alicyclic amines) is 1. The summed E-state index contributed by atoms with van der Waals surface area (Å²) in [6.45, 7) is 3.18. The summed E-state index contributed by atoms with van der Waals surface area (Å²) in [7, 11) is 0. The molecule has 8 heteroatoms. The summed E-state index contributed by atoms with van der Waals surface area (Å²) < 4.78 is 39.5. The first-order valence-electron chi connectivity index (χ1n) is 13.7. The Hall–Kier alpha value is -1.50. The lowest BCUT2D eigenvalue weighted by Gasteiger charge is -2.39. The lowest BCUT2D eigenvalue weighted by Crippen LogP contribution is -2.41. The van der Waals surface area contributed by atoms with Gasteiger partial charge in [-0.1, -0.05) is 42.6 Å². The number of piperidine rings is 1. The summed E-state index contributed by atoms with van der Waals surface area (Å²) in [5.74, 6) is 0.540. The maximum atomic E-state index is 13.5. The topological polar surface area (TPSA) is 23.6 Å². The van der Waals surface area contributed by atoms with Crippen molar-refractivity contribution in [3.8, 4) is 0 Å². The first-order chi connectivity index (χ1) is 17.7. The summed E-state index contributed by atoms with van der Waals surface area (Å²) in [5.41, 5.74) is 3.70. The van der Waals surface area contributed by atoms with Gasteiger partial charge < -0.3 is 9.80 Å². The molecule has 1 atom stereocenters. The second kappa shape index (κ2) is 11.3. The number of hydrogen-bond donors (Lipinski definition) is 0. The van der Waals surface area contributed by atoms with Gasteiger partial charge in [0.2, 0.25) is 5.91 Å². The monoisotopic (exact) mass is 554 g/mol. The van der Waals surface area contributed by atoms with Gasteiger partial charge in [0, 0.05) is 36.2 Å². The van der Waals surface area contributed by atoms with Crippen LogP contribution in [0.25, 0.3) is 0 Å². The molecule has 2 aliphatic carbocycles. The molecule has 3 nitrogen and oxygen atoms in total. The lowest BCUT2D eigenvalue weighted by molar-refractivity contribution is -0.137. The molecule has 2 heterocycles. The van der Waals surface area contributed by atoms with Crippen LogP contribution in [0.15, 0.2) is 46.1 Å². The third-order valence-electron chi connectivity index (χ3n) is 8.74. The summed E-state index contributed by atoms with van der Waals surface area (Å²) >= 11 is 13.1. The quantitative estimate of drug-likeness (QED) is 0.346. The van der Waals surface area contributed by atoms with Crippen LogP contribution in [0.4, 0.5) is 13.2 Å². The molecule has 1 saturated carbocycles. The van der Waals surface area contributed by atoms with E-state index in [0.29, 0.717) is 6.54 Å². The van der Waals surface area contributed by atoms with E-state index in [1.807, 2.05) is 6.07 Å². The molecule has 1 aromatic carbocycles. The Morgan fingerprint density at radius 2 is 1.70 bits per heavy atom. The molecule has 37 heavy (non-hydrogen) atoms. The fourth-order valence-electron chi connectivity index (χ4n) is 6.64. The highest BCUT2D eigenvalue weighted by atomic mass is 35.5. The number of rotatable bonds is 5. The standard InChI is InChI=1S/C29H35Cl2F3N2O/c30-25-9-8-23-24(27(25)31)12-17-36(28(37)20-4-1-2-5-20)26(23)13-16-35-14-10-19(11-15-35)21-6-3-7-22(18-21)29(32,33)34/h3,6-7,18-20,25H,1-2,4-5,8-17H2. The van der Waals surface area contributed by atoms with Gasteiger partial charge >= 0.3 is 6.18 Å². The van der Waals surface area contributed by atoms with E-state index in [1.165, 1.54) is 17.7 Å². The number of allylic oxidation sites excluding steroid dienone is 2. The minimum atomic E-state index is -4.31. The Labute approximate surface area is 227 Å². The number of benzene rings is 1. The Balaban J connectivity index is 1.27. The van der Waals surface area contributed by atoms with E-state index >= 15 is 0 Å². The van der Waals surface area contributed by atoms with Gasteiger partial charge in [-0.15, -0.1) is 11.6 Å². The Morgan fingerprint density at radius 3 is 2.41 bits per heavy atom. The first kappa shape index (κ1) is 27.1. The summed E-state index contributed by atoms with van der Waals surface area (Å²) in [5, 5.41) is 0.601. The molecule has 1 aromatic rings. The first-order valence-corrected chi connectivity index (χ1v) is 14.5. The van der Waals surface area contributed by atoms with Gasteiger partial charge in [0.1, 0.15) is 0 Å². The minimum Gasteiger partial charge on any atom is -0.315 e. The molecule has 0 N–H and O–H groups in total. The number of alkyl halides is 4. The second-order valence-electron chi connectivity index (χ2n) is 11.0. The van der Waals surface area contributed by atoms with Crippen molar-refractivity contribution >= 4 is 29.1 Å². The molecule has 1 saturated heterocycles. The third-order valence-corrected chi connectivity index (χ3v) is 9.78. The summed E-state index contributed by atoms with van der Waals surface area (Å²) in [6, 6.07) is 5.79. The maximum absolute atomic E-state index is 13.5. The predicted octanol–water partition coefficient (Wildman–Crippen LogP) is 7.85. The second-order valence-corrected chi connectivity index (χ2v) is 11.9. The van der Waals surface area contributed by atoms with E-state index in [4.69, 9.17) is 23.2 Å². The molecule has 202 valence electrons. The molecule has 2 fully saturated rings. The molecule has 4 aliphatic rings. The predicted molar refractivity (Wildman–Crippen MR) is 142 cm³/mol. The highest BCUT2D eigenvalue weighted by Crippen LogP contribution is 2.43. The van der Waals surface area contributed by atoms with E-state index < -0.39 is 11.7 Å². The number of carbonyl (C=O) groups excluding carboxylic acids is 1. The van der Waals surface area contributed by atoms with E-state index in [1.54, 1.807) is 0 Å². The van der Waals surface area contributed by atoms with Crippen molar-refractivity contribution in [1.29, 1.82) is 0 Å². The molecule has 0 aromatic heterocycles. The van der Waals surface area contributed by atoms with Gasteiger partial charge in [0.05, 0.1) is 10.9 Å². The van der Waals surface area contributed by atoms with Crippen LogP contribution in [0.2, 0.25) is 0 Å². The number of amides is 1. The third kappa shape index (κ3) is 5.91. The van der Waals surface area contributed by atoms with E-state index in [2.05, 4.69) is 9.80 Å². The van der Waals surface area contributed by atoms with Gasteiger partial charge in [-0.2, -0.15) is 13.2 Å². The Morgan fingerprint density at radius 1 is 0.973 bits per heavy atom. The summed E-state index contributed by atoms with van der Waals surface area (Å²) in [4.78, 5) is 18.0. The van der Waals surface area contributed by atoms with E-state index in [9.17, 15) is 18.0 Å². The van der Waals surface area contributed by atoms with Crippen LogP contribution in [-0.4, -0.2) is 47.3 Å². The normalized spacial score (nSPS) is 24.7. The smallest absolute Gasteiger partial charge is 0.315 e. The van der Waals surface area contributed by atoms with Crippen molar-refractivity contribution in [3.63, 3.8) is 0 Å². The molecule has 2 aliphatic heterocycles. The maximum Gasteiger partial charge on any atom is 0.416 e. The minimum absolute atomic E-state index is 0.129.